The number of amides is 1. The predicted molar refractivity (Wildman–Crippen MR) is 103 cm³/mol. The first-order valence-corrected chi connectivity index (χ1v) is 12.4. The highest BCUT2D eigenvalue weighted by Crippen LogP contribution is 2.29. The Bertz CT molecular complexity index is 905. The third-order valence-electron chi connectivity index (χ3n) is 5.20. The molecule has 0 radical (unpaired) electrons. The van der Waals surface area contributed by atoms with Gasteiger partial charge in [-0.2, -0.15) is 0 Å². The lowest BCUT2D eigenvalue weighted by molar-refractivity contribution is -0.133. The molecule has 0 aromatic heterocycles. The van der Waals surface area contributed by atoms with Crippen molar-refractivity contribution in [1.82, 2.24) is 9.62 Å². The molecule has 150 valence electrons. The van der Waals surface area contributed by atoms with E-state index in [0.717, 1.165) is 19.3 Å². The Balaban J connectivity index is 1.52. The molecule has 2 aliphatic rings. The van der Waals surface area contributed by atoms with Crippen LogP contribution < -0.4 is 4.72 Å². The van der Waals surface area contributed by atoms with Crippen LogP contribution in [-0.4, -0.2) is 57.8 Å². The number of hydrogen-bond acceptors (Lipinski definition) is 5. The Morgan fingerprint density at radius 3 is 2.37 bits per heavy atom. The van der Waals surface area contributed by atoms with Crippen LogP contribution in [0.3, 0.4) is 0 Å². The summed E-state index contributed by atoms with van der Waals surface area (Å²) < 4.78 is 51.9. The zero-order chi connectivity index (χ0) is 19.7. The maximum atomic E-state index is 12.6. The standard InChI is InChI=1S/C17H23ClN2O5S2/c18-13-5-4-8-15(9-13)27(24,25)19-10-17(21)20-11-16(12-20)26(22,23)14-6-2-1-3-7-14/h4-5,8-9,14,16,19H,1-3,6-7,10-12H2. The van der Waals surface area contributed by atoms with E-state index in [1.807, 2.05) is 0 Å². The normalized spacial score (nSPS) is 19.7. The van der Waals surface area contributed by atoms with Gasteiger partial charge in [-0.25, -0.2) is 21.6 Å². The first-order chi connectivity index (χ1) is 12.7. The van der Waals surface area contributed by atoms with Gasteiger partial charge in [-0.05, 0) is 31.0 Å². The fraction of sp³-hybridized carbons (Fsp3) is 0.588. The number of carbonyl (C=O) groups excluding carboxylic acids is 1. The van der Waals surface area contributed by atoms with E-state index in [1.165, 1.54) is 23.1 Å². The topological polar surface area (TPSA) is 101 Å². The number of benzene rings is 1. The molecule has 27 heavy (non-hydrogen) atoms. The van der Waals surface area contributed by atoms with E-state index in [0.29, 0.717) is 12.8 Å². The molecule has 0 spiro atoms. The Hall–Kier alpha value is -1.16. The van der Waals surface area contributed by atoms with Crippen LogP contribution in [0.15, 0.2) is 29.2 Å². The van der Waals surface area contributed by atoms with Crippen LogP contribution in [0, 0.1) is 0 Å². The summed E-state index contributed by atoms with van der Waals surface area (Å²) in [7, 11) is -7.08. The number of nitrogens with one attached hydrogen (secondary N) is 1. The average Bonchev–Trinajstić information content (AvgIpc) is 2.59. The number of rotatable bonds is 6. The van der Waals surface area contributed by atoms with Crippen LogP contribution >= 0.6 is 11.6 Å². The molecule has 1 heterocycles. The van der Waals surface area contributed by atoms with Crippen LogP contribution in [0.25, 0.3) is 0 Å². The largest absolute Gasteiger partial charge is 0.339 e. The van der Waals surface area contributed by atoms with Gasteiger partial charge in [-0.15, -0.1) is 0 Å². The van der Waals surface area contributed by atoms with E-state index in [2.05, 4.69) is 4.72 Å². The number of hydrogen-bond donors (Lipinski definition) is 1. The first-order valence-electron chi connectivity index (χ1n) is 8.96. The van der Waals surface area contributed by atoms with Crippen molar-refractivity contribution in [2.75, 3.05) is 19.6 Å². The third-order valence-corrected chi connectivity index (χ3v) is 9.46. The third kappa shape index (κ3) is 4.64. The molecule has 2 fully saturated rings. The highest BCUT2D eigenvalue weighted by Gasteiger charge is 2.43. The van der Waals surface area contributed by atoms with Gasteiger partial charge in [0.1, 0.15) is 0 Å². The molecule has 0 unspecified atom stereocenters. The van der Waals surface area contributed by atoms with Crippen LogP contribution in [0.5, 0.6) is 0 Å². The average molecular weight is 435 g/mol. The van der Waals surface area contributed by atoms with Gasteiger partial charge in [0.2, 0.25) is 15.9 Å². The molecule has 1 saturated heterocycles. The number of sulfonamides is 1. The van der Waals surface area contributed by atoms with Crippen LogP contribution in [0.2, 0.25) is 5.02 Å². The van der Waals surface area contributed by atoms with Gasteiger partial charge in [0, 0.05) is 18.1 Å². The number of halogens is 1. The highest BCUT2D eigenvalue weighted by atomic mass is 35.5. The quantitative estimate of drug-likeness (QED) is 0.732. The van der Waals surface area contributed by atoms with Crippen molar-refractivity contribution >= 4 is 37.4 Å². The number of nitrogens with zero attached hydrogens (tertiary/aromatic N) is 1. The molecule has 7 nitrogen and oxygen atoms in total. The molecule has 10 heteroatoms. The maximum Gasteiger partial charge on any atom is 0.241 e. The summed E-state index contributed by atoms with van der Waals surface area (Å²) in [6, 6.07) is 5.74. The fourth-order valence-corrected chi connectivity index (χ4v) is 7.09. The van der Waals surface area contributed by atoms with E-state index >= 15 is 0 Å². The monoisotopic (exact) mass is 434 g/mol. The summed E-state index contributed by atoms with van der Waals surface area (Å²) in [5.74, 6) is -0.435. The SMILES string of the molecule is O=C(CNS(=O)(=O)c1cccc(Cl)c1)N1CC(S(=O)(=O)C2CCCCC2)C1. The second-order valence-electron chi connectivity index (χ2n) is 7.05. The smallest absolute Gasteiger partial charge is 0.241 e. The van der Waals surface area contributed by atoms with Crippen LogP contribution in [-0.2, 0) is 24.7 Å². The summed E-state index contributed by atoms with van der Waals surface area (Å²) in [6.45, 7) is -0.141. The lowest BCUT2D eigenvalue weighted by Gasteiger charge is -2.40. The number of carbonyl (C=O) groups is 1. The molecule has 1 amide bonds. The minimum Gasteiger partial charge on any atom is -0.339 e. The summed E-state index contributed by atoms with van der Waals surface area (Å²) in [6.07, 6.45) is 4.35. The minimum absolute atomic E-state index is 0.0239. The van der Waals surface area contributed by atoms with Crippen molar-refractivity contribution in [2.24, 2.45) is 0 Å². The summed E-state index contributed by atoms with van der Waals surface area (Å²) in [5, 5.41) is -0.549. The summed E-state index contributed by atoms with van der Waals surface area (Å²) in [4.78, 5) is 13.6. The lowest BCUT2D eigenvalue weighted by atomic mass is 10.0. The summed E-state index contributed by atoms with van der Waals surface area (Å²) in [5.41, 5.74) is 0. The van der Waals surface area contributed by atoms with Gasteiger partial charge in [0.15, 0.2) is 9.84 Å². The Morgan fingerprint density at radius 2 is 1.74 bits per heavy atom. The van der Waals surface area contributed by atoms with Crippen LogP contribution in [0.4, 0.5) is 0 Å². The maximum absolute atomic E-state index is 12.6. The van der Waals surface area contributed by atoms with Gasteiger partial charge < -0.3 is 4.90 Å². The van der Waals surface area contributed by atoms with E-state index in [1.54, 1.807) is 6.07 Å². The molecule has 1 aromatic carbocycles. The highest BCUT2D eigenvalue weighted by molar-refractivity contribution is 7.92. The van der Waals surface area contributed by atoms with Gasteiger partial charge >= 0.3 is 0 Å². The van der Waals surface area contributed by atoms with Gasteiger partial charge in [0.05, 0.1) is 21.9 Å². The summed E-state index contributed by atoms with van der Waals surface area (Å²) >= 11 is 5.79. The van der Waals surface area contributed by atoms with Gasteiger partial charge in [-0.3, -0.25) is 4.79 Å². The van der Waals surface area contributed by atoms with Crippen LogP contribution in [0.1, 0.15) is 32.1 Å². The predicted octanol–water partition coefficient (Wildman–Crippen LogP) is 1.58. The number of sulfone groups is 1. The van der Waals surface area contributed by atoms with E-state index in [4.69, 9.17) is 11.6 Å². The molecule has 1 aromatic rings. The second-order valence-corrected chi connectivity index (χ2v) is 11.8. The molecule has 1 N–H and O–H groups in total. The van der Waals surface area contributed by atoms with Crippen molar-refractivity contribution in [2.45, 2.75) is 47.5 Å². The number of likely N-dealkylation sites (tertiary alicyclic amines) is 1. The molecule has 1 aliphatic heterocycles. The van der Waals surface area contributed by atoms with E-state index < -0.39 is 37.6 Å². The second kappa shape index (κ2) is 8.06. The Kier molecular flexibility index (Phi) is 6.14. The first kappa shape index (κ1) is 20.6. The van der Waals surface area contributed by atoms with E-state index in [9.17, 15) is 21.6 Å². The molecular weight excluding hydrogens is 412 g/mol. The molecule has 1 saturated carbocycles. The molecule has 3 rings (SSSR count). The van der Waals surface area contributed by atoms with Crippen molar-refractivity contribution in [3.63, 3.8) is 0 Å². The van der Waals surface area contributed by atoms with Gasteiger partial charge in [-0.1, -0.05) is 36.9 Å². The Labute approximate surface area is 165 Å². The van der Waals surface area contributed by atoms with E-state index in [-0.39, 0.29) is 28.3 Å². The zero-order valence-electron chi connectivity index (χ0n) is 14.8. The minimum atomic E-state index is -3.85. The van der Waals surface area contributed by atoms with Crippen molar-refractivity contribution in [3.05, 3.63) is 29.3 Å². The van der Waals surface area contributed by atoms with Gasteiger partial charge in [0.25, 0.3) is 0 Å². The van der Waals surface area contributed by atoms with Crippen molar-refractivity contribution < 1.29 is 21.6 Å². The fourth-order valence-electron chi connectivity index (χ4n) is 3.50. The Morgan fingerprint density at radius 1 is 1.07 bits per heavy atom. The molecular formula is C17H23ClN2O5S2. The molecule has 1 aliphatic carbocycles. The molecule has 0 bridgehead atoms. The lowest BCUT2D eigenvalue weighted by Crippen LogP contribution is -2.60. The van der Waals surface area contributed by atoms with Crippen molar-refractivity contribution in [1.29, 1.82) is 0 Å². The zero-order valence-corrected chi connectivity index (χ0v) is 17.2. The molecule has 0 atom stereocenters. The van der Waals surface area contributed by atoms with Crippen molar-refractivity contribution in [3.8, 4) is 0 Å².